The third kappa shape index (κ3) is 6.02. The van der Waals surface area contributed by atoms with Gasteiger partial charge >= 0.3 is 0 Å². The largest absolute Gasteiger partial charge is 0.352 e. The normalized spacial score (nSPS) is 19.8. The van der Waals surface area contributed by atoms with Gasteiger partial charge in [-0.2, -0.15) is 0 Å². The van der Waals surface area contributed by atoms with E-state index in [4.69, 9.17) is 9.98 Å². The molecule has 5 rings (SSSR count). The number of benzene rings is 1. The van der Waals surface area contributed by atoms with Crippen molar-refractivity contribution in [2.24, 2.45) is 9.98 Å². The predicted octanol–water partition coefficient (Wildman–Crippen LogP) is 4.76. The van der Waals surface area contributed by atoms with Crippen molar-refractivity contribution >= 4 is 57.5 Å². The number of hydrogen-bond acceptors (Lipinski definition) is 7. The first kappa shape index (κ1) is 26.6. The van der Waals surface area contributed by atoms with Crippen molar-refractivity contribution in [2.75, 3.05) is 0 Å². The summed E-state index contributed by atoms with van der Waals surface area (Å²) in [5, 5.41) is 8.22. The third-order valence-corrected chi connectivity index (χ3v) is 9.29. The van der Waals surface area contributed by atoms with Crippen LogP contribution in [0.2, 0.25) is 0 Å². The van der Waals surface area contributed by atoms with Gasteiger partial charge in [0, 0.05) is 22.9 Å². The van der Waals surface area contributed by atoms with Crippen LogP contribution < -0.4 is 10.6 Å². The highest BCUT2D eigenvalue weighted by molar-refractivity contribution is 8.15. The SMILES string of the molecule is CC[C@@H](SC1=Nc2ccccc2C2=N[C@@H](CCC(=O)NCc3cccs3)C(=O)N12)C(=O)NC1CCCCC1. The van der Waals surface area contributed by atoms with Gasteiger partial charge in [-0.25, -0.2) is 9.89 Å². The van der Waals surface area contributed by atoms with E-state index in [9.17, 15) is 14.4 Å². The Kier molecular flexibility index (Phi) is 8.58. The minimum absolute atomic E-state index is 0.00458. The highest BCUT2D eigenvalue weighted by atomic mass is 32.2. The standard InChI is InChI=1S/C28H33N5O3S2/c1-2-23(26(35)30-18-9-4-3-5-10-18)38-28-32-21-13-7-6-12-20(21)25-31-22(27(36)33(25)28)14-15-24(34)29-17-19-11-8-16-37-19/h6-8,11-13,16,18,22-23H,2-5,9-10,14-15,17H2,1H3,(H,29,34)(H,30,35)/t22-,23+/m0/s1. The molecule has 2 atom stereocenters. The van der Waals surface area contributed by atoms with Gasteiger partial charge in [-0.05, 0) is 49.3 Å². The predicted molar refractivity (Wildman–Crippen MR) is 153 cm³/mol. The van der Waals surface area contributed by atoms with Gasteiger partial charge in [0.1, 0.15) is 11.9 Å². The second-order valence-electron chi connectivity index (χ2n) is 9.81. The molecule has 10 heteroatoms. The van der Waals surface area contributed by atoms with Crippen LogP contribution in [0.4, 0.5) is 5.69 Å². The first-order chi connectivity index (χ1) is 18.5. The molecule has 0 bridgehead atoms. The monoisotopic (exact) mass is 551 g/mol. The van der Waals surface area contributed by atoms with Gasteiger partial charge in [0.2, 0.25) is 11.8 Å². The van der Waals surface area contributed by atoms with Crippen LogP contribution in [0.1, 0.15) is 68.7 Å². The third-order valence-electron chi connectivity index (χ3n) is 7.09. The summed E-state index contributed by atoms with van der Waals surface area (Å²) in [6.07, 6.45) is 6.69. The molecule has 0 unspecified atom stereocenters. The van der Waals surface area contributed by atoms with E-state index in [1.165, 1.54) is 18.2 Å². The Labute approximate surface area is 231 Å². The fourth-order valence-electron chi connectivity index (χ4n) is 5.01. The lowest BCUT2D eigenvalue weighted by atomic mass is 9.95. The molecule has 2 aromatic rings. The molecule has 2 aliphatic heterocycles. The Bertz CT molecular complexity index is 1240. The minimum atomic E-state index is -0.661. The average Bonchev–Trinajstić information content (AvgIpc) is 3.58. The first-order valence-corrected chi connectivity index (χ1v) is 15.2. The molecular weight excluding hydrogens is 518 g/mol. The van der Waals surface area contributed by atoms with E-state index in [1.54, 1.807) is 16.2 Å². The maximum Gasteiger partial charge on any atom is 0.259 e. The van der Waals surface area contributed by atoms with Crippen molar-refractivity contribution in [1.29, 1.82) is 0 Å². The molecule has 1 aromatic heterocycles. The van der Waals surface area contributed by atoms with E-state index < -0.39 is 6.04 Å². The maximum atomic E-state index is 13.6. The molecule has 0 radical (unpaired) electrons. The van der Waals surface area contributed by atoms with E-state index in [1.807, 2.05) is 48.7 Å². The van der Waals surface area contributed by atoms with Crippen LogP contribution >= 0.6 is 23.1 Å². The molecule has 3 amide bonds. The zero-order valence-corrected chi connectivity index (χ0v) is 23.2. The molecular formula is C28H33N5O3S2. The van der Waals surface area contributed by atoms with E-state index in [-0.39, 0.29) is 35.4 Å². The van der Waals surface area contributed by atoms with Gasteiger partial charge in [-0.1, -0.05) is 56.1 Å². The first-order valence-electron chi connectivity index (χ1n) is 13.4. The smallest absolute Gasteiger partial charge is 0.259 e. The van der Waals surface area contributed by atoms with E-state index in [0.29, 0.717) is 30.4 Å². The summed E-state index contributed by atoms with van der Waals surface area (Å²) in [5.74, 6) is 0.240. The number of thioether (sulfide) groups is 1. The number of carbonyl (C=O) groups excluding carboxylic acids is 3. The molecule has 8 nitrogen and oxygen atoms in total. The Morgan fingerprint density at radius 3 is 2.74 bits per heavy atom. The molecule has 3 aliphatic rings. The number of nitrogens with zero attached hydrogens (tertiary/aromatic N) is 3. The molecule has 2 N–H and O–H groups in total. The fraction of sp³-hybridized carbons (Fsp3) is 0.464. The second-order valence-corrected chi connectivity index (χ2v) is 12.0. The molecule has 200 valence electrons. The number of fused-ring (bicyclic) bond motifs is 3. The van der Waals surface area contributed by atoms with Crippen LogP contribution in [0.25, 0.3) is 0 Å². The van der Waals surface area contributed by atoms with Crippen molar-refractivity contribution < 1.29 is 14.4 Å². The van der Waals surface area contributed by atoms with Gasteiger partial charge in [0.15, 0.2) is 5.17 Å². The minimum Gasteiger partial charge on any atom is -0.352 e. The number of rotatable bonds is 9. The average molecular weight is 552 g/mol. The molecule has 1 aliphatic carbocycles. The summed E-state index contributed by atoms with van der Waals surface area (Å²) in [5.41, 5.74) is 1.52. The number of aliphatic imine (C=N–C) groups is 2. The van der Waals surface area contributed by atoms with Gasteiger partial charge in [0.25, 0.3) is 5.91 Å². The van der Waals surface area contributed by atoms with E-state index in [2.05, 4.69) is 10.6 Å². The zero-order valence-electron chi connectivity index (χ0n) is 21.5. The lowest BCUT2D eigenvalue weighted by Gasteiger charge is -2.29. The quantitative estimate of drug-likeness (QED) is 0.469. The molecule has 1 aromatic carbocycles. The van der Waals surface area contributed by atoms with Crippen molar-refractivity contribution in [1.82, 2.24) is 15.5 Å². The van der Waals surface area contributed by atoms with Crippen LogP contribution in [-0.2, 0) is 20.9 Å². The number of hydrogen-bond donors (Lipinski definition) is 2. The van der Waals surface area contributed by atoms with Gasteiger partial charge in [-0.15, -0.1) is 11.3 Å². The van der Waals surface area contributed by atoms with Crippen LogP contribution in [0, 0.1) is 0 Å². The van der Waals surface area contributed by atoms with Crippen LogP contribution in [0.15, 0.2) is 51.8 Å². The number of amides is 3. The summed E-state index contributed by atoms with van der Waals surface area (Å²) in [7, 11) is 0. The topological polar surface area (TPSA) is 103 Å². The Hall–Kier alpha value is -2.98. The Balaban J connectivity index is 1.28. The van der Waals surface area contributed by atoms with E-state index in [0.717, 1.165) is 41.8 Å². The summed E-state index contributed by atoms with van der Waals surface area (Å²) in [4.78, 5) is 51.4. The summed E-state index contributed by atoms with van der Waals surface area (Å²) >= 11 is 2.92. The van der Waals surface area contributed by atoms with Crippen LogP contribution in [0.3, 0.4) is 0 Å². The molecule has 38 heavy (non-hydrogen) atoms. The summed E-state index contributed by atoms with van der Waals surface area (Å²) in [6.45, 7) is 2.46. The zero-order chi connectivity index (χ0) is 26.5. The Morgan fingerprint density at radius 2 is 1.97 bits per heavy atom. The number of carbonyl (C=O) groups is 3. The second kappa shape index (κ2) is 12.3. The van der Waals surface area contributed by atoms with Crippen molar-refractivity contribution in [3.8, 4) is 0 Å². The number of nitrogens with one attached hydrogen (secondary N) is 2. The number of amidine groups is 2. The summed E-state index contributed by atoms with van der Waals surface area (Å²) in [6, 6.07) is 11.1. The maximum absolute atomic E-state index is 13.6. The van der Waals surface area contributed by atoms with Gasteiger partial charge in [-0.3, -0.25) is 19.4 Å². The lowest BCUT2D eigenvalue weighted by molar-refractivity contribution is -0.125. The summed E-state index contributed by atoms with van der Waals surface area (Å²) < 4.78 is 0. The van der Waals surface area contributed by atoms with Gasteiger partial charge in [0.05, 0.1) is 17.5 Å². The van der Waals surface area contributed by atoms with Gasteiger partial charge < -0.3 is 10.6 Å². The fourth-order valence-corrected chi connectivity index (χ4v) is 6.69. The van der Waals surface area contributed by atoms with Crippen LogP contribution in [0.5, 0.6) is 0 Å². The molecule has 0 spiro atoms. The molecule has 0 saturated heterocycles. The number of thiophene rings is 1. The molecule has 1 saturated carbocycles. The van der Waals surface area contributed by atoms with Crippen molar-refractivity contribution in [3.05, 3.63) is 52.2 Å². The Morgan fingerprint density at radius 1 is 1.16 bits per heavy atom. The highest BCUT2D eigenvalue weighted by Gasteiger charge is 2.42. The lowest BCUT2D eigenvalue weighted by Crippen LogP contribution is -2.45. The van der Waals surface area contributed by atoms with Crippen molar-refractivity contribution in [3.63, 3.8) is 0 Å². The number of para-hydroxylation sites is 1. The van der Waals surface area contributed by atoms with Crippen molar-refractivity contribution in [2.45, 2.75) is 82.2 Å². The van der Waals surface area contributed by atoms with Crippen LogP contribution in [-0.4, -0.2) is 51.0 Å². The highest BCUT2D eigenvalue weighted by Crippen LogP contribution is 2.36. The molecule has 3 heterocycles. The van der Waals surface area contributed by atoms with E-state index >= 15 is 0 Å². The molecule has 1 fully saturated rings.